The molecule has 0 bridgehead atoms. The van der Waals surface area contributed by atoms with Crippen molar-refractivity contribution >= 4 is 0 Å². The summed E-state index contributed by atoms with van der Waals surface area (Å²) in [5.41, 5.74) is 1.30. The first-order valence-corrected chi connectivity index (χ1v) is 7.89. The van der Waals surface area contributed by atoms with Gasteiger partial charge in [-0.3, -0.25) is 0 Å². The topological polar surface area (TPSA) is 43.7 Å². The smallest absolute Gasteiger partial charge is 0.144 e. The van der Waals surface area contributed by atoms with Gasteiger partial charge < -0.3 is 15.1 Å². The Kier molecular flexibility index (Phi) is 2.95. The van der Waals surface area contributed by atoms with Crippen molar-refractivity contribution in [3.63, 3.8) is 0 Å². The second-order valence-corrected chi connectivity index (χ2v) is 6.64. The minimum atomic E-state index is -1.32. The number of fused-ring (bicyclic) bond motifs is 3. The van der Waals surface area contributed by atoms with Crippen LogP contribution in [0.1, 0.15) is 24.0 Å². The molecular weight excluding hydrogens is 274 g/mol. The summed E-state index contributed by atoms with van der Waals surface area (Å²) in [7, 11) is 2.06. The summed E-state index contributed by atoms with van der Waals surface area (Å²) >= 11 is 0. The molecular formula is C19H21NO2. The summed E-state index contributed by atoms with van der Waals surface area (Å²) in [6.45, 7) is 1.59. The molecule has 1 heterocycles. The number of benzene rings is 2. The van der Waals surface area contributed by atoms with E-state index in [-0.39, 0.29) is 0 Å². The maximum Gasteiger partial charge on any atom is 0.144 e. The Morgan fingerprint density at radius 1 is 0.818 bits per heavy atom. The van der Waals surface area contributed by atoms with Crippen LogP contribution < -0.4 is 0 Å². The summed E-state index contributed by atoms with van der Waals surface area (Å²) in [6.07, 6.45) is 1.14. The number of aliphatic hydroxyl groups is 2. The molecule has 0 spiro atoms. The van der Waals surface area contributed by atoms with Gasteiger partial charge in [-0.1, -0.05) is 48.5 Å². The van der Waals surface area contributed by atoms with E-state index in [1.165, 1.54) is 0 Å². The van der Waals surface area contributed by atoms with Crippen LogP contribution >= 0.6 is 0 Å². The highest BCUT2D eigenvalue weighted by Crippen LogP contribution is 2.54. The standard InChI is InChI=1S/C19H21NO2/c1-20-12-10-18(21,11-13-20)19(22)16-8-4-2-6-14(16)15-7-3-5-9-17(15)19/h2-9,21-22H,10-13H2,1H3. The van der Waals surface area contributed by atoms with E-state index in [4.69, 9.17) is 0 Å². The Morgan fingerprint density at radius 3 is 1.77 bits per heavy atom. The van der Waals surface area contributed by atoms with Crippen LogP contribution in [0.3, 0.4) is 0 Å². The van der Waals surface area contributed by atoms with Crippen molar-refractivity contribution in [1.29, 1.82) is 0 Å². The lowest BCUT2D eigenvalue weighted by Gasteiger charge is -2.46. The third-order valence-electron chi connectivity index (χ3n) is 5.41. The summed E-state index contributed by atoms with van der Waals surface area (Å²) in [5, 5.41) is 23.1. The molecule has 2 N–H and O–H groups in total. The zero-order valence-electron chi connectivity index (χ0n) is 12.8. The third-order valence-corrected chi connectivity index (χ3v) is 5.41. The second kappa shape index (κ2) is 4.66. The molecule has 0 atom stereocenters. The van der Waals surface area contributed by atoms with Gasteiger partial charge in [-0.15, -0.1) is 0 Å². The van der Waals surface area contributed by atoms with Crippen molar-refractivity contribution in [2.75, 3.05) is 20.1 Å². The lowest BCUT2D eigenvalue weighted by molar-refractivity contribution is -0.155. The molecule has 0 aromatic heterocycles. The van der Waals surface area contributed by atoms with E-state index in [0.29, 0.717) is 12.8 Å². The van der Waals surface area contributed by atoms with Crippen molar-refractivity contribution in [3.05, 3.63) is 59.7 Å². The molecule has 2 aliphatic rings. The normalized spacial score (nSPS) is 22.1. The molecule has 2 aromatic rings. The van der Waals surface area contributed by atoms with E-state index in [0.717, 1.165) is 35.3 Å². The molecule has 0 amide bonds. The molecule has 22 heavy (non-hydrogen) atoms. The van der Waals surface area contributed by atoms with Crippen LogP contribution in [0.25, 0.3) is 11.1 Å². The fourth-order valence-corrected chi connectivity index (χ4v) is 4.06. The molecule has 1 fully saturated rings. The maximum atomic E-state index is 11.7. The molecule has 3 nitrogen and oxygen atoms in total. The molecule has 3 heteroatoms. The molecule has 114 valence electrons. The van der Waals surface area contributed by atoms with Crippen LogP contribution in [0.15, 0.2) is 48.5 Å². The van der Waals surface area contributed by atoms with Gasteiger partial charge in [-0.05, 0) is 42.1 Å². The van der Waals surface area contributed by atoms with E-state index in [1.54, 1.807) is 0 Å². The lowest BCUT2D eigenvalue weighted by Crippen LogP contribution is -2.56. The fourth-order valence-electron chi connectivity index (χ4n) is 4.06. The van der Waals surface area contributed by atoms with Crippen LogP contribution in [0.2, 0.25) is 0 Å². The van der Waals surface area contributed by atoms with Gasteiger partial charge in [-0.25, -0.2) is 0 Å². The largest absolute Gasteiger partial charge is 0.386 e. The molecule has 1 aliphatic heterocycles. The molecule has 0 radical (unpaired) electrons. The zero-order valence-corrected chi connectivity index (χ0v) is 12.8. The average molecular weight is 295 g/mol. The summed E-state index contributed by atoms with van der Waals surface area (Å²) < 4.78 is 0. The molecule has 1 aliphatic carbocycles. The van der Waals surface area contributed by atoms with Crippen LogP contribution in [-0.4, -0.2) is 40.9 Å². The van der Waals surface area contributed by atoms with Gasteiger partial charge in [0.25, 0.3) is 0 Å². The summed E-state index contributed by atoms with van der Waals surface area (Å²) in [6, 6.07) is 15.8. The lowest BCUT2D eigenvalue weighted by atomic mass is 9.70. The maximum absolute atomic E-state index is 11.7. The number of likely N-dealkylation sites (tertiary alicyclic amines) is 1. The Labute approximate surface area is 130 Å². The predicted molar refractivity (Wildman–Crippen MR) is 86.6 cm³/mol. The van der Waals surface area contributed by atoms with Gasteiger partial charge in [0.2, 0.25) is 0 Å². The van der Waals surface area contributed by atoms with Crippen molar-refractivity contribution in [2.24, 2.45) is 0 Å². The first-order chi connectivity index (χ1) is 10.6. The second-order valence-electron chi connectivity index (χ2n) is 6.64. The Hall–Kier alpha value is -1.68. The van der Waals surface area contributed by atoms with Crippen molar-refractivity contribution in [2.45, 2.75) is 24.0 Å². The van der Waals surface area contributed by atoms with Crippen molar-refractivity contribution in [1.82, 2.24) is 4.90 Å². The first kappa shape index (κ1) is 13.9. The minimum Gasteiger partial charge on any atom is -0.386 e. The first-order valence-electron chi connectivity index (χ1n) is 7.89. The minimum absolute atomic E-state index is 0.572. The fraction of sp³-hybridized carbons (Fsp3) is 0.368. The van der Waals surface area contributed by atoms with E-state index in [1.807, 2.05) is 48.5 Å². The number of nitrogens with zero attached hydrogens (tertiary/aromatic N) is 1. The highest BCUT2D eigenvalue weighted by Gasteiger charge is 2.56. The van der Waals surface area contributed by atoms with Crippen LogP contribution in [0.4, 0.5) is 0 Å². The average Bonchev–Trinajstić information content (AvgIpc) is 2.83. The number of piperidine rings is 1. The summed E-state index contributed by atoms with van der Waals surface area (Å²) in [5.74, 6) is 0. The number of hydrogen-bond acceptors (Lipinski definition) is 3. The van der Waals surface area contributed by atoms with Crippen LogP contribution in [0, 0.1) is 0 Å². The predicted octanol–water partition coefficient (Wildman–Crippen LogP) is 2.36. The van der Waals surface area contributed by atoms with Gasteiger partial charge >= 0.3 is 0 Å². The van der Waals surface area contributed by atoms with E-state index < -0.39 is 11.2 Å². The van der Waals surface area contributed by atoms with Crippen molar-refractivity contribution in [3.8, 4) is 11.1 Å². The Balaban J connectivity index is 1.94. The van der Waals surface area contributed by atoms with Gasteiger partial charge in [0.05, 0.1) is 0 Å². The third kappa shape index (κ3) is 1.67. The molecule has 0 unspecified atom stereocenters. The highest BCUT2D eigenvalue weighted by atomic mass is 16.4. The molecule has 0 saturated carbocycles. The van der Waals surface area contributed by atoms with Crippen LogP contribution in [-0.2, 0) is 5.60 Å². The van der Waals surface area contributed by atoms with E-state index in [2.05, 4.69) is 11.9 Å². The SMILES string of the molecule is CN1CCC(O)(C2(O)c3ccccc3-c3ccccc32)CC1. The summed E-state index contributed by atoms with van der Waals surface area (Å²) in [4.78, 5) is 2.20. The van der Waals surface area contributed by atoms with Gasteiger partial charge in [-0.2, -0.15) is 0 Å². The van der Waals surface area contributed by atoms with Crippen molar-refractivity contribution < 1.29 is 10.2 Å². The van der Waals surface area contributed by atoms with Crippen LogP contribution in [0.5, 0.6) is 0 Å². The number of hydrogen-bond donors (Lipinski definition) is 2. The zero-order chi connectivity index (χ0) is 15.4. The molecule has 2 aromatic carbocycles. The van der Waals surface area contributed by atoms with E-state index in [9.17, 15) is 10.2 Å². The molecule has 4 rings (SSSR count). The number of rotatable bonds is 1. The Bertz CT molecular complexity index is 671. The van der Waals surface area contributed by atoms with Gasteiger partial charge in [0.15, 0.2) is 0 Å². The van der Waals surface area contributed by atoms with Gasteiger partial charge in [0.1, 0.15) is 11.2 Å². The monoisotopic (exact) mass is 295 g/mol. The van der Waals surface area contributed by atoms with E-state index >= 15 is 0 Å². The van der Waals surface area contributed by atoms with Gasteiger partial charge in [0, 0.05) is 13.1 Å². The highest BCUT2D eigenvalue weighted by molar-refractivity contribution is 5.80. The quantitative estimate of drug-likeness (QED) is 0.849. The molecule has 1 saturated heterocycles. The Morgan fingerprint density at radius 2 is 1.27 bits per heavy atom.